The molecule has 6 rings (SSSR count). The third-order valence-electron chi connectivity index (χ3n) is 5.76. The maximum absolute atomic E-state index is 12.4. The number of hydrogen-bond acceptors (Lipinski definition) is 7. The first-order valence-corrected chi connectivity index (χ1v) is 12.7. The lowest BCUT2D eigenvalue weighted by atomic mass is 10.0. The minimum atomic E-state index is -1.10. The summed E-state index contributed by atoms with van der Waals surface area (Å²) in [6, 6.07) is 9.04. The lowest BCUT2D eigenvalue weighted by Gasteiger charge is -2.21. The number of carboxylic acids is 1. The van der Waals surface area contributed by atoms with E-state index in [4.69, 9.17) is 37.7 Å². The second-order valence-electron chi connectivity index (χ2n) is 7.84. The van der Waals surface area contributed by atoms with Gasteiger partial charge in [-0.05, 0) is 49.2 Å². The molecule has 172 valence electrons. The number of nitrogens with zero attached hydrogens (tertiary/aromatic N) is 3. The van der Waals surface area contributed by atoms with E-state index in [-0.39, 0.29) is 17.7 Å². The number of hydrogen-bond donors (Lipinski definition) is 1. The Hall–Kier alpha value is -2.72. The average Bonchev–Trinajstić information content (AvgIpc) is 3.51. The van der Waals surface area contributed by atoms with Gasteiger partial charge in [-0.2, -0.15) is 9.78 Å². The SMILES string of the molecule is Cc1nn(-c2nc3c(s2)SC(C)c2cc(Cl)c(Cl)cc2-3)c(C(=O)O)c1-c1ccc2c(c1)OCO2. The third kappa shape index (κ3) is 3.30. The maximum atomic E-state index is 12.4. The summed E-state index contributed by atoms with van der Waals surface area (Å²) in [6.07, 6.45) is 0. The Bertz CT molecular complexity index is 1510. The van der Waals surface area contributed by atoms with Crippen LogP contribution in [-0.4, -0.2) is 32.6 Å². The highest BCUT2D eigenvalue weighted by Gasteiger charge is 2.31. The van der Waals surface area contributed by atoms with Crippen LogP contribution in [0.2, 0.25) is 10.0 Å². The number of aromatic carboxylic acids is 1. The Morgan fingerprint density at radius 1 is 1.18 bits per heavy atom. The van der Waals surface area contributed by atoms with Gasteiger partial charge in [-0.15, -0.1) is 11.8 Å². The molecule has 0 aliphatic carbocycles. The van der Waals surface area contributed by atoms with Crippen molar-refractivity contribution in [1.82, 2.24) is 14.8 Å². The van der Waals surface area contributed by atoms with Gasteiger partial charge in [-0.25, -0.2) is 9.78 Å². The summed E-state index contributed by atoms with van der Waals surface area (Å²) in [6.45, 7) is 4.01. The topological polar surface area (TPSA) is 86.5 Å². The van der Waals surface area contributed by atoms with Crippen LogP contribution in [0.5, 0.6) is 11.5 Å². The Morgan fingerprint density at radius 3 is 2.74 bits per heavy atom. The zero-order chi connectivity index (χ0) is 23.7. The number of rotatable bonds is 3. The van der Waals surface area contributed by atoms with Crippen molar-refractivity contribution in [3.05, 3.63) is 57.3 Å². The van der Waals surface area contributed by atoms with Crippen LogP contribution < -0.4 is 9.47 Å². The van der Waals surface area contributed by atoms with E-state index in [0.29, 0.717) is 43.5 Å². The molecule has 2 aromatic heterocycles. The van der Waals surface area contributed by atoms with Gasteiger partial charge in [-0.1, -0.05) is 40.6 Å². The summed E-state index contributed by atoms with van der Waals surface area (Å²) in [7, 11) is 0. The number of benzene rings is 2. The van der Waals surface area contributed by atoms with Gasteiger partial charge in [-0.3, -0.25) is 0 Å². The fourth-order valence-corrected chi connectivity index (χ4v) is 7.09. The highest BCUT2D eigenvalue weighted by atomic mass is 35.5. The first kappa shape index (κ1) is 21.8. The van der Waals surface area contributed by atoms with Crippen LogP contribution >= 0.6 is 46.3 Å². The number of aryl methyl sites for hydroxylation is 1. The van der Waals surface area contributed by atoms with Gasteiger partial charge in [0.25, 0.3) is 0 Å². The molecule has 0 bridgehead atoms. The standard InChI is InChI=1S/C23H15Cl2N3O4S2/c1-9-18(11-3-4-16-17(5-11)32-8-31-16)20(21(29)30)28(27-9)23-26-19-13-7-15(25)14(24)6-12(13)10(2)33-22(19)34-23/h3-7,10H,8H2,1-2H3,(H,29,30). The molecule has 0 fully saturated rings. The molecule has 11 heteroatoms. The van der Waals surface area contributed by atoms with Crippen molar-refractivity contribution in [2.24, 2.45) is 0 Å². The summed E-state index contributed by atoms with van der Waals surface area (Å²) < 4.78 is 13.2. The van der Waals surface area contributed by atoms with Gasteiger partial charge in [0.2, 0.25) is 11.9 Å². The molecule has 1 N–H and O–H groups in total. The molecule has 1 unspecified atom stereocenters. The molecule has 0 amide bonds. The molecule has 0 saturated carbocycles. The maximum Gasteiger partial charge on any atom is 0.355 e. The summed E-state index contributed by atoms with van der Waals surface area (Å²) in [5, 5.41) is 16.3. The minimum absolute atomic E-state index is 0.0369. The van der Waals surface area contributed by atoms with E-state index in [1.807, 2.05) is 12.1 Å². The van der Waals surface area contributed by atoms with Crippen LogP contribution in [0.1, 0.15) is 33.9 Å². The highest BCUT2D eigenvalue weighted by Crippen LogP contribution is 2.53. The van der Waals surface area contributed by atoms with Gasteiger partial charge in [0.1, 0.15) is 0 Å². The van der Waals surface area contributed by atoms with Gasteiger partial charge >= 0.3 is 5.97 Å². The molecule has 0 radical (unpaired) electrons. The third-order valence-corrected chi connectivity index (χ3v) is 8.86. The van der Waals surface area contributed by atoms with Crippen LogP contribution in [0.3, 0.4) is 0 Å². The van der Waals surface area contributed by atoms with Gasteiger partial charge in [0.15, 0.2) is 17.2 Å². The van der Waals surface area contributed by atoms with E-state index in [1.54, 1.807) is 36.9 Å². The zero-order valence-electron chi connectivity index (χ0n) is 17.8. The van der Waals surface area contributed by atoms with Gasteiger partial charge in [0, 0.05) is 16.4 Å². The summed E-state index contributed by atoms with van der Waals surface area (Å²) in [4.78, 5) is 17.2. The first-order chi connectivity index (χ1) is 16.3. The normalized spacial score (nSPS) is 15.8. The second kappa shape index (κ2) is 7.91. The van der Waals surface area contributed by atoms with Crippen LogP contribution in [0.4, 0.5) is 0 Å². The number of thioether (sulfide) groups is 1. The molecule has 0 saturated heterocycles. The number of carboxylic acid groups (broad SMARTS) is 1. The van der Waals surface area contributed by atoms with E-state index in [1.165, 1.54) is 16.0 Å². The highest BCUT2D eigenvalue weighted by molar-refractivity contribution is 8.01. The molecule has 7 nitrogen and oxygen atoms in total. The Balaban J connectivity index is 1.52. The van der Waals surface area contributed by atoms with Crippen molar-refractivity contribution in [3.8, 4) is 39.0 Å². The first-order valence-electron chi connectivity index (χ1n) is 10.2. The van der Waals surface area contributed by atoms with Crippen molar-refractivity contribution >= 4 is 52.3 Å². The van der Waals surface area contributed by atoms with E-state index in [9.17, 15) is 9.90 Å². The number of aromatic nitrogens is 3. The quantitative estimate of drug-likeness (QED) is 0.308. The number of thiazole rings is 1. The van der Waals surface area contributed by atoms with Gasteiger partial charge in [0.05, 0.1) is 25.6 Å². The predicted octanol–water partition coefficient (Wildman–Crippen LogP) is 6.87. The molecule has 4 aromatic rings. The molecule has 1 atom stereocenters. The monoisotopic (exact) mass is 531 g/mol. The number of carbonyl (C=O) groups is 1. The molecule has 4 heterocycles. The molecule has 2 aliphatic heterocycles. The molecule has 2 aromatic carbocycles. The second-order valence-corrected chi connectivity index (χ2v) is 11.2. The summed E-state index contributed by atoms with van der Waals surface area (Å²) >= 11 is 15.6. The Morgan fingerprint density at radius 2 is 1.94 bits per heavy atom. The van der Waals surface area contributed by atoms with Crippen LogP contribution in [0.25, 0.3) is 27.5 Å². The average molecular weight is 532 g/mol. The number of fused-ring (bicyclic) bond motifs is 4. The van der Waals surface area contributed by atoms with Crippen molar-refractivity contribution in [2.45, 2.75) is 23.3 Å². The molecule has 34 heavy (non-hydrogen) atoms. The minimum Gasteiger partial charge on any atom is -0.476 e. The Labute approximate surface area is 212 Å². The van der Waals surface area contributed by atoms with Crippen molar-refractivity contribution < 1.29 is 19.4 Å². The van der Waals surface area contributed by atoms with Crippen LogP contribution in [0.15, 0.2) is 34.5 Å². The molecule has 2 aliphatic rings. The van der Waals surface area contributed by atoms with E-state index in [2.05, 4.69) is 12.0 Å². The lowest BCUT2D eigenvalue weighted by Crippen LogP contribution is -2.09. The molecule has 0 spiro atoms. The fraction of sp³-hybridized carbons (Fsp3) is 0.174. The predicted molar refractivity (Wildman–Crippen MR) is 132 cm³/mol. The number of ether oxygens (including phenoxy) is 2. The van der Waals surface area contributed by atoms with Crippen molar-refractivity contribution in [2.75, 3.05) is 6.79 Å². The largest absolute Gasteiger partial charge is 0.476 e. The lowest BCUT2D eigenvalue weighted by molar-refractivity contribution is 0.0688. The van der Waals surface area contributed by atoms with Crippen LogP contribution in [0, 0.1) is 6.92 Å². The fourth-order valence-electron chi connectivity index (χ4n) is 4.22. The molecular weight excluding hydrogens is 517 g/mol. The molecular formula is C23H15Cl2N3O4S2. The van der Waals surface area contributed by atoms with E-state index in [0.717, 1.165) is 21.0 Å². The van der Waals surface area contributed by atoms with Gasteiger partial charge < -0.3 is 14.6 Å². The van der Waals surface area contributed by atoms with Crippen molar-refractivity contribution in [1.29, 1.82) is 0 Å². The van der Waals surface area contributed by atoms with E-state index >= 15 is 0 Å². The van der Waals surface area contributed by atoms with Crippen LogP contribution in [-0.2, 0) is 0 Å². The van der Waals surface area contributed by atoms with E-state index < -0.39 is 5.97 Å². The smallest absolute Gasteiger partial charge is 0.355 e. The number of halogens is 2. The Kier molecular flexibility index (Phi) is 5.07. The summed E-state index contributed by atoms with van der Waals surface area (Å²) in [5.74, 6) is 0.0998. The summed E-state index contributed by atoms with van der Waals surface area (Å²) in [5.41, 5.74) is 4.49. The van der Waals surface area contributed by atoms with Crippen molar-refractivity contribution in [3.63, 3.8) is 0 Å². The zero-order valence-corrected chi connectivity index (χ0v) is 20.9.